The molecule has 0 fully saturated rings. The Morgan fingerprint density at radius 1 is 1.35 bits per heavy atom. The van der Waals surface area contributed by atoms with Crippen LogP contribution in [0, 0.1) is 0 Å². The molecular weight excluding hydrogens is 264 g/mol. The Labute approximate surface area is 118 Å². The van der Waals surface area contributed by atoms with Crippen LogP contribution in [-0.4, -0.2) is 41.6 Å². The van der Waals surface area contributed by atoms with Gasteiger partial charge in [0, 0.05) is 0 Å². The van der Waals surface area contributed by atoms with Gasteiger partial charge in [0.2, 0.25) is 11.4 Å². The third-order valence-electron chi connectivity index (χ3n) is 2.65. The van der Waals surface area contributed by atoms with E-state index in [0.29, 0.717) is 19.4 Å². The van der Waals surface area contributed by atoms with Gasteiger partial charge in [0.15, 0.2) is 0 Å². The van der Waals surface area contributed by atoms with Crippen LogP contribution >= 0.6 is 0 Å². The molecule has 0 rings (SSSR count). The van der Waals surface area contributed by atoms with E-state index in [-0.39, 0.29) is 13.0 Å². The zero-order valence-electron chi connectivity index (χ0n) is 11.8. The molecule has 0 aromatic carbocycles. The fraction of sp³-hybridized carbons (Fsp3) is 0.615. The molecule has 4 N–H and O–H groups in total. The van der Waals surface area contributed by atoms with E-state index in [1.54, 1.807) is 13.8 Å². The van der Waals surface area contributed by atoms with Crippen molar-refractivity contribution in [1.82, 2.24) is 5.32 Å². The van der Waals surface area contributed by atoms with Crippen molar-refractivity contribution in [2.24, 2.45) is 5.73 Å². The molecule has 0 aliphatic rings. The quantitative estimate of drug-likeness (QED) is 0.241. The number of unbranched alkanes of at least 4 members (excludes halogenated alkanes) is 1. The van der Waals surface area contributed by atoms with E-state index < -0.39 is 23.4 Å². The minimum absolute atomic E-state index is 0.0320. The number of esters is 1. The Balaban J connectivity index is 5.26. The minimum atomic E-state index is -2.07. The molecule has 0 aromatic heterocycles. The van der Waals surface area contributed by atoms with Crippen LogP contribution in [0.1, 0.15) is 33.1 Å². The van der Waals surface area contributed by atoms with Gasteiger partial charge in [0.05, 0.1) is 6.61 Å². The summed E-state index contributed by atoms with van der Waals surface area (Å²) < 4.78 is 4.79. The molecule has 20 heavy (non-hydrogen) atoms. The average Bonchev–Trinajstić information content (AvgIpc) is 2.38. The molecule has 0 aliphatic heterocycles. The van der Waals surface area contributed by atoms with Crippen LogP contribution < -0.4 is 11.1 Å². The van der Waals surface area contributed by atoms with Crippen molar-refractivity contribution >= 4 is 17.8 Å². The molecule has 0 saturated heterocycles. The highest BCUT2D eigenvalue weighted by molar-refractivity contribution is 6.08. The zero-order chi connectivity index (χ0) is 15.6. The highest BCUT2D eigenvalue weighted by Gasteiger charge is 2.48. The molecule has 0 aliphatic carbocycles. The second kappa shape index (κ2) is 9.08. The first-order valence-corrected chi connectivity index (χ1v) is 6.50. The Morgan fingerprint density at radius 2 is 2.00 bits per heavy atom. The Hall–Kier alpha value is -1.89. The van der Waals surface area contributed by atoms with Crippen LogP contribution in [0.5, 0.6) is 0 Å². The van der Waals surface area contributed by atoms with E-state index in [1.807, 2.05) is 0 Å². The Morgan fingerprint density at radius 3 is 2.45 bits per heavy atom. The number of carboxylic acids is 1. The van der Waals surface area contributed by atoms with Gasteiger partial charge in [-0.2, -0.15) is 0 Å². The topological polar surface area (TPSA) is 119 Å². The van der Waals surface area contributed by atoms with Gasteiger partial charge in [-0.05, 0) is 45.7 Å². The number of hydrogen-bond donors (Lipinski definition) is 3. The molecule has 1 amide bonds. The largest absolute Gasteiger partial charge is 0.479 e. The molecule has 7 nitrogen and oxygen atoms in total. The second-order valence-electron chi connectivity index (χ2n) is 4.17. The van der Waals surface area contributed by atoms with E-state index in [2.05, 4.69) is 5.32 Å². The summed E-state index contributed by atoms with van der Waals surface area (Å²) in [6, 6.07) is 0. The van der Waals surface area contributed by atoms with Crippen LogP contribution in [0.2, 0.25) is 0 Å². The van der Waals surface area contributed by atoms with Crippen molar-refractivity contribution < 1.29 is 24.2 Å². The lowest BCUT2D eigenvalue weighted by atomic mass is 9.92. The van der Waals surface area contributed by atoms with Gasteiger partial charge < -0.3 is 20.9 Å². The van der Waals surface area contributed by atoms with Gasteiger partial charge in [-0.3, -0.25) is 4.79 Å². The smallest absolute Gasteiger partial charge is 0.343 e. The Bertz CT molecular complexity index is 381. The van der Waals surface area contributed by atoms with Crippen molar-refractivity contribution in [3.8, 4) is 0 Å². The summed E-state index contributed by atoms with van der Waals surface area (Å²) in [6.07, 6.45) is 3.47. The number of nitrogens with one attached hydrogen (secondary N) is 1. The summed E-state index contributed by atoms with van der Waals surface area (Å²) >= 11 is 0. The van der Waals surface area contributed by atoms with Gasteiger partial charge in [-0.25, -0.2) is 9.59 Å². The number of carboxylic acid groups (broad SMARTS) is 1. The van der Waals surface area contributed by atoms with Crippen LogP contribution in [-0.2, 0) is 19.1 Å². The van der Waals surface area contributed by atoms with Gasteiger partial charge in [-0.15, -0.1) is 0 Å². The summed E-state index contributed by atoms with van der Waals surface area (Å²) in [5.74, 6) is -3.07. The van der Waals surface area contributed by atoms with E-state index in [9.17, 15) is 19.5 Å². The number of hydrogen-bond acceptors (Lipinski definition) is 5. The number of allylic oxidation sites excluding steroid dienone is 1. The molecular formula is C13H22N2O5. The van der Waals surface area contributed by atoms with Gasteiger partial charge >= 0.3 is 11.9 Å². The Kier molecular flexibility index (Phi) is 8.23. The molecule has 1 atom stereocenters. The lowest BCUT2D eigenvalue weighted by Crippen LogP contribution is -2.60. The molecule has 0 saturated carbocycles. The number of amides is 1. The van der Waals surface area contributed by atoms with E-state index >= 15 is 0 Å². The maximum atomic E-state index is 12.0. The van der Waals surface area contributed by atoms with E-state index in [1.165, 1.54) is 6.08 Å². The van der Waals surface area contributed by atoms with Gasteiger partial charge in [0.1, 0.15) is 0 Å². The molecule has 7 heteroatoms. The fourth-order valence-corrected chi connectivity index (χ4v) is 1.66. The van der Waals surface area contributed by atoms with Crippen molar-refractivity contribution in [2.75, 3.05) is 13.2 Å². The minimum Gasteiger partial charge on any atom is -0.479 e. The standard InChI is InChI=1S/C13H22N2O5/c1-3-7-10(16)15-13(11(17)18,8-5-6-9-14)12(19)20-4-2/h3,7H,4-6,8-9,14H2,1-2H3,(H,15,16)(H,17,18)/t13-/m0/s1. The first-order chi connectivity index (χ1) is 9.44. The average molecular weight is 286 g/mol. The van der Waals surface area contributed by atoms with E-state index in [4.69, 9.17) is 10.5 Å². The number of rotatable bonds is 9. The fourth-order valence-electron chi connectivity index (χ4n) is 1.66. The van der Waals surface area contributed by atoms with Crippen molar-refractivity contribution in [2.45, 2.75) is 38.6 Å². The number of carbonyl (C=O) groups is 3. The highest BCUT2D eigenvalue weighted by atomic mass is 16.5. The lowest BCUT2D eigenvalue weighted by Gasteiger charge is -2.27. The SMILES string of the molecule is CC=CC(=O)N[C@@](CCCCN)(C(=O)O)C(=O)OCC. The van der Waals surface area contributed by atoms with Crippen molar-refractivity contribution in [1.29, 1.82) is 0 Å². The van der Waals surface area contributed by atoms with Gasteiger partial charge in [0.25, 0.3) is 0 Å². The molecule has 0 bridgehead atoms. The summed E-state index contributed by atoms with van der Waals surface area (Å²) in [6.45, 7) is 3.59. The first-order valence-electron chi connectivity index (χ1n) is 6.50. The molecule has 0 heterocycles. The lowest BCUT2D eigenvalue weighted by molar-refractivity contribution is -0.165. The highest BCUT2D eigenvalue weighted by Crippen LogP contribution is 2.18. The summed E-state index contributed by atoms with van der Waals surface area (Å²) in [7, 11) is 0. The number of nitrogens with two attached hydrogens (primary N) is 1. The van der Waals surface area contributed by atoms with Crippen molar-refractivity contribution in [3.63, 3.8) is 0 Å². The molecule has 0 radical (unpaired) electrons. The first kappa shape index (κ1) is 18.1. The summed E-state index contributed by atoms with van der Waals surface area (Å²) in [4.78, 5) is 35.1. The number of aliphatic carboxylic acids is 1. The summed E-state index contributed by atoms with van der Waals surface area (Å²) in [5, 5.41) is 11.6. The maximum Gasteiger partial charge on any atom is 0.343 e. The number of carbonyl (C=O) groups excluding carboxylic acids is 2. The predicted octanol–water partition coefficient (Wildman–Crippen LogP) is 0.194. The maximum absolute atomic E-state index is 12.0. The third kappa shape index (κ3) is 5.00. The molecule has 0 unspecified atom stereocenters. The van der Waals surface area contributed by atoms with Crippen LogP contribution in [0.4, 0.5) is 0 Å². The van der Waals surface area contributed by atoms with Crippen LogP contribution in [0.25, 0.3) is 0 Å². The van der Waals surface area contributed by atoms with E-state index in [0.717, 1.165) is 6.08 Å². The molecule has 0 aromatic rings. The van der Waals surface area contributed by atoms with Crippen LogP contribution in [0.3, 0.4) is 0 Å². The van der Waals surface area contributed by atoms with Crippen molar-refractivity contribution in [3.05, 3.63) is 12.2 Å². The van der Waals surface area contributed by atoms with Crippen LogP contribution in [0.15, 0.2) is 12.2 Å². The monoisotopic (exact) mass is 286 g/mol. The zero-order valence-corrected chi connectivity index (χ0v) is 11.8. The molecule has 0 spiro atoms. The predicted molar refractivity (Wildman–Crippen MR) is 72.9 cm³/mol. The third-order valence-corrected chi connectivity index (χ3v) is 2.65. The summed E-state index contributed by atoms with van der Waals surface area (Å²) in [5.41, 5.74) is 3.29. The van der Waals surface area contributed by atoms with Gasteiger partial charge in [-0.1, -0.05) is 6.08 Å². The second-order valence-corrected chi connectivity index (χ2v) is 4.17. The number of ether oxygens (including phenoxy) is 1. The normalized spacial score (nSPS) is 13.8. The molecule has 114 valence electrons.